The highest BCUT2D eigenvalue weighted by Gasteiger charge is 2.15. The summed E-state index contributed by atoms with van der Waals surface area (Å²) in [5.41, 5.74) is 0.436. The van der Waals surface area contributed by atoms with Crippen molar-refractivity contribution in [2.75, 3.05) is 34.0 Å². The van der Waals surface area contributed by atoms with Crippen LogP contribution >= 0.6 is 0 Å². The van der Waals surface area contributed by atoms with Crippen molar-refractivity contribution in [2.24, 2.45) is 0 Å². The van der Waals surface area contributed by atoms with E-state index in [2.05, 4.69) is 9.97 Å². The summed E-state index contributed by atoms with van der Waals surface area (Å²) in [5, 5.41) is 9.90. The van der Waals surface area contributed by atoms with Gasteiger partial charge in [0.1, 0.15) is 11.8 Å². The maximum atomic E-state index is 9.90. The molecule has 6 nitrogen and oxygen atoms in total. The molecule has 0 amide bonds. The number of ether oxygens (including phenoxy) is 3. The van der Waals surface area contributed by atoms with Crippen LogP contribution in [0.4, 0.5) is 0 Å². The van der Waals surface area contributed by atoms with Crippen molar-refractivity contribution < 1.29 is 19.3 Å². The van der Waals surface area contributed by atoms with Gasteiger partial charge in [0.2, 0.25) is 5.88 Å². The molecule has 0 aliphatic carbocycles. The summed E-state index contributed by atoms with van der Waals surface area (Å²) in [6.45, 7) is 1.50. The second-order valence-electron chi connectivity index (χ2n) is 3.36. The average Bonchev–Trinajstić information content (AvgIpc) is 2.38. The Morgan fingerprint density at radius 2 is 1.94 bits per heavy atom. The molecule has 0 fully saturated rings. The number of hydrogen-bond donors (Lipinski definition) is 1. The van der Waals surface area contributed by atoms with Crippen molar-refractivity contribution in [2.45, 2.75) is 12.5 Å². The topological polar surface area (TPSA) is 73.7 Å². The van der Waals surface area contributed by atoms with E-state index in [1.807, 2.05) is 0 Å². The van der Waals surface area contributed by atoms with Crippen LogP contribution in [-0.4, -0.2) is 49.1 Å². The lowest BCUT2D eigenvalue weighted by molar-refractivity contribution is 0.0460. The van der Waals surface area contributed by atoms with Gasteiger partial charge in [0.15, 0.2) is 0 Å². The van der Waals surface area contributed by atoms with E-state index in [1.54, 1.807) is 7.11 Å². The van der Waals surface area contributed by atoms with Gasteiger partial charge in [-0.25, -0.2) is 4.98 Å². The molecule has 0 spiro atoms. The van der Waals surface area contributed by atoms with Crippen LogP contribution in [0, 0.1) is 0 Å². The smallest absolute Gasteiger partial charge is 0.238 e. The van der Waals surface area contributed by atoms with E-state index in [-0.39, 0.29) is 0 Å². The van der Waals surface area contributed by atoms with Crippen molar-refractivity contribution in [1.82, 2.24) is 9.97 Å². The van der Waals surface area contributed by atoms with Gasteiger partial charge >= 0.3 is 0 Å². The number of methoxy groups -OCH3 is 2. The molecule has 96 valence electrons. The third-order valence-electron chi connectivity index (χ3n) is 2.17. The third-order valence-corrected chi connectivity index (χ3v) is 2.17. The van der Waals surface area contributed by atoms with E-state index >= 15 is 0 Å². The Hall–Kier alpha value is -1.24. The van der Waals surface area contributed by atoms with Gasteiger partial charge in [-0.3, -0.25) is 4.98 Å². The normalized spacial score (nSPS) is 12.4. The highest BCUT2D eigenvalue weighted by Crippen LogP contribution is 2.21. The molecule has 1 aromatic rings. The molecule has 1 rings (SSSR count). The summed E-state index contributed by atoms with van der Waals surface area (Å²) in [6, 6.07) is 0. The van der Waals surface area contributed by atoms with E-state index < -0.39 is 6.10 Å². The van der Waals surface area contributed by atoms with Crippen LogP contribution in [0.3, 0.4) is 0 Å². The molecular formula is C11H18N2O4. The first-order valence-electron chi connectivity index (χ1n) is 5.39. The molecule has 17 heavy (non-hydrogen) atoms. The Bertz CT molecular complexity index is 322. The largest absolute Gasteiger partial charge is 0.480 e. The first-order chi connectivity index (χ1) is 8.29. The van der Waals surface area contributed by atoms with E-state index in [0.29, 0.717) is 37.8 Å². The van der Waals surface area contributed by atoms with Crippen LogP contribution in [-0.2, 0) is 9.47 Å². The lowest BCUT2D eigenvalue weighted by atomic mass is 10.2. The zero-order valence-corrected chi connectivity index (χ0v) is 10.1. The number of aliphatic hydroxyl groups is 1. The van der Waals surface area contributed by atoms with Crippen molar-refractivity contribution in [3.05, 3.63) is 18.1 Å². The van der Waals surface area contributed by atoms with Crippen LogP contribution in [0.25, 0.3) is 0 Å². The number of nitrogens with zero attached hydrogens (tertiary/aromatic N) is 2. The summed E-state index contributed by atoms with van der Waals surface area (Å²) in [5.74, 6) is 0.344. The van der Waals surface area contributed by atoms with Crippen molar-refractivity contribution in [3.63, 3.8) is 0 Å². The van der Waals surface area contributed by atoms with Crippen LogP contribution in [0.1, 0.15) is 18.2 Å². The standard InChI is InChI=1S/C11H18N2O4/c1-15-7-8-17-6-3-9(14)10-11(16-2)13-5-4-12-10/h4-5,9,14H,3,6-8H2,1-2H3. The molecule has 0 radical (unpaired) electrons. The summed E-state index contributed by atoms with van der Waals surface area (Å²) in [4.78, 5) is 8.02. The minimum absolute atomic E-state index is 0.344. The van der Waals surface area contributed by atoms with Crippen LogP contribution < -0.4 is 4.74 Å². The summed E-state index contributed by atoms with van der Waals surface area (Å²) < 4.78 is 15.1. The Kier molecular flexibility index (Phi) is 6.46. The van der Waals surface area contributed by atoms with Gasteiger partial charge < -0.3 is 19.3 Å². The average molecular weight is 242 g/mol. The van der Waals surface area contributed by atoms with Crippen molar-refractivity contribution in [1.29, 1.82) is 0 Å². The summed E-state index contributed by atoms with van der Waals surface area (Å²) in [6.07, 6.45) is 2.75. The van der Waals surface area contributed by atoms with E-state index in [1.165, 1.54) is 19.5 Å². The van der Waals surface area contributed by atoms with Gasteiger partial charge in [0.05, 0.1) is 20.3 Å². The zero-order valence-electron chi connectivity index (χ0n) is 10.1. The second-order valence-corrected chi connectivity index (χ2v) is 3.36. The quantitative estimate of drug-likeness (QED) is 0.672. The number of aromatic nitrogens is 2. The molecule has 0 saturated carbocycles. The molecule has 6 heteroatoms. The Morgan fingerprint density at radius 3 is 2.65 bits per heavy atom. The minimum atomic E-state index is -0.735. The second kappa shape index (κ2) is 7.94. The van der Waals surface area contributed by atoms with Crippen molar-refractivity contribution >= 4 is 0 Å². The van der Waals surface area contributed by atoms with Crippen LogP contribution in [0.5, 0.6) is 5.88 Å². The molecule has 0 aromatic carbocycles. The van der Waals surface area contributed by atoms with E-state index in [0.717, 1.165) is 0 Å². The SMILES string of the molecule is COCCOCCC(O)c1nccnc1OC. The summed E-state index contributed by atoms with van der Waals surface area (Å²) >= 11 is 0. The first-order valence-corrected chi connectivity index (χ1v) is 5.39. The predicted molar refractivity (Wildman–Crippen MR) is 60.9 cm³/mol. The number of hydrogen-bond acceptors (Lipinski definition) is 6. The van der Waals surface area contributed by atoms with Crippen LogP contribution in [0.2, 0.25) is 0 Å². The van der Waals surface area contributed by atoms with Gasteiger partial charge in [0, 0.05) is 32.5 Å². The van der Waals surface area contributed by atoms with E-state index in [9.17, 15) is 5.11 Å². The number of rotatable bonds is 8. The monoisotopic (exact) mass is 242 g/mol. The van der Waals surface area contributed by atoms with Gasteiger partial charge in [-0.1, -0.05) is 0 Å². The summed E-state index contributed by atoms with van der Waals surface area (Å²) in [7, 11) is 3.11. The zero-order chi connectivity index (χ0) is 12.5. The highest BCUT2D eigenvalue weighted by atomic mass is 16.5. The van der Waals surface area contributed by atoms with Crippen LogP contribution in [0.15, 0.2) is 12.4 Å². The molecule has 0 bridgehead atoms. The first kappa shape index (κ1) is 13.8. The molecule has 0 aliphatic heterocycles. The van der Waals surface area contributed by atoms with Gasteiger partial charge in [0.25, 0.3) is 0 Å². The Morgan fingerprint density at radius 1 is 1.18 bits per heavy atom. The molecule has 0 saturated heterocycles. The number of aliphatic hydroxyl groups excluding tert-OH is 1. The molecule has 1 heterocycles. The predicted octanol–water partition coefficient (Wildman–Crippen LogP) is 0.572. The van der Waals surface area contributed by atoms with Gasteiger partial charge in [-0.15, -0.1) is 0 Å². The Balaban J connectivity index is 2.38. The van der Waals surface area contributed by atoms with Crippen molar-refractivity contribution in [3.8, 4) is 5.88 Å². The minimum Gasteiger partial charge on any atom is -0.480 e. The fraction of sp³-hybridized carbons (Fsp3) is 0.636. The van der Waals surface area contributed by atoms with Gasteiger partial charge in [-0.05, 0) is 0 Å². The lowest BCUT2D eigenvalue weighted by Gasteiger charge is -2.12. The Labute approximate surface area is 101 Å². The fourth-order valence-electron chi connectivity index (χ4n) is 1.30. The molecular weight excluding hydrogens is 224 g/mol. The third kappa shape index (κ3) is 4.64. The molecule has 1 atom stereocenters. The molecule has 0 aliphatic rings. The highest BCUT2D eigenvalue weighted by molar-refractivity contribution is 5.19. The van der Waals surface area contributed by atoms with Gasteiger partial charge in [-0.2, -0.15) is 0 Å². The molecule has 1 N–H and O–H groups in total. The maximum absolute atomic E-state index is 9.90. The fourth-order valence-corrected chi connectivity index (χ4v) is 1.30. The maximum Gasteiger partial charge on any atom is 0.238 e. The van der Waals surface area contributed by atoms with E-state index in [4.69, 9.17) is 14.2 Å². The molecule has 1 unspecified atom stereocenters. The molecule has 1 aromatic heterocycles. The lowest BCUT2D eigenvalue weighted by Crippen LogP contribution is -2.09.